The number of furan rings is 1. The number of rotatable bonds is 8. The second-order valence-corrected chi connectivity index (χ2v) is 10.7. The third-order valence-corrected chi connectivity index (χ3v) is 7.83. The number of nitrogens with one attached hydrogen (secondary N) is 2. The number of anilines is 1. The van der Waals surface area contributed by atoms with E-state index in [0.29, 0.717) is 43.6 Å². The lowest BCUT2D eigenvalue weighted by molar-refractivity contribution is -0.140. The maximum absolute atomic E-state index is 13.7. The van der Waals surface area contributed by atoms with Gasteiger partial charge in [-0.25, -0.2) is 0 Å². The molecule has 11 nitrogen and oxygen atoms in total. The molecule has 2 fully saturated rings. The third-order valence-electron chi connectivity index (χ3n) is 7.83. The van der Waals surface area contributed by atoms with Crippen LogP contribution in [-0.4, -0.2) is 78.4 Å². The summed E-state index contributed by atoms with van der Waals surface area (Å²) in [7, 11) is 1.51. The number of nitrogens with zero attached hydrogens (tertiary/aromatic N) is 4. The number of carbonyl (C=O) groups is 4. The normalized spacial score (nSPS) is 18.2. The second-order valence-electron chi connectivity index (χ2n) is 10.7. The van der Waals surface area contributed by atoms with Gasteiger partial charge in [-0.15, -0.1) is 0 Å². The Labute approximate surface area is 249 Å². The van der Waals surface area contributed by atoms with Crippen molar-refractivity contribution in [2.75, 3.05) is 38.5 Å². The monoisotopic (exact) mass is 582 g/mol. The number of hydrogen-bond donors (Lipinski definition) is 2. The first-order chi connectivity index (χ1) is 20.9. The second kappa shape index (κ2) is 13.3. The van der Waals surface area contributed by atoms with Gasteiger partial charge in [-0.2, -0.15) is 5.26 Å². The van der Waals surface area contributed by atoms with E-state index in [1.807, 2.05) is 18.2 Å². The van der Waals surface area contributed by atoms with Crippen molar-refractivity contribution < 1.29 is 23.6 Å². The number of hydrogen-bond acceptors (Lipinski definition) is 7. The molecular weight excluding hydrogens is 548 g/mol. The molecule has 1 unspecified atom stereocenters. The fourth-order valence-corrected chi connectivity index (χ4v) is 5.45. The summed E-state index contributed by atoms with van der Waals surface area (Å²) in [5, 5.41) is 16.6. The minimum absolute atomic E-state index is 0.0184. The smallest absolute Gasteiger partial charge is 0.251 e. The predicted molar refractivity (Wildman–Crippen MR) is 161 cm³/mol. The zero-order valence-electron chi connectivity index (χ0n) is 24.0. The minimum atomic E-state index is -1.39. The molecule has 5 rings (SSSR count). The highest BCUT2D eigenvalue weighted by Gasteiger charge is 2.33. The van der Waals surface area contributed by atoms with E-state index in [4.69, 9.17) is 9.41 Å². The molecular formula is C32H34N6O5. The average molecular weight is 583 g/mol. The Morgan fingerprint density at radius 3 is 2.42 bits per heavy atom. The fourth-order valence-electron chi connectivity index (χ4n) is 5.45. The molecule has 2 N–H and O–H groups in total. The average Bonchev–Trinajstić information content (AvgIpc) is 3.68. The lowest BCUT2D eigenvalue weighted by Crippen LogP contribution is -2.45. The Hall–Kier alpha value is -4.98. The van der Waals surface area contributed by atoms with Gasteiger partial charge >= 0.3 is 0 Å². The van der Waals surface area contributed by atoms with Crippen molar-refractivity contribution in [2.24, 2.45) is 10.9 Å². The number of likely N-dealkylation sites (tertiary alicyclic amines) is 2. The molecule has 0 aliphatic carbocycles. The largest absolute Gasteiger partial charge is 0.440 e. The van der Waals surface area contributed by atoms with Gasteiger partial charge < -0.3 is 24.9 Å². The van der Waals surface area contributed by atoms with Gasteiger partial charge in [0.05, 0.1) is 12.6 Å². The number of nitriles is 1. The zero-order chi connectivity index (χ0) is 30.3. The summed E-state index contributed by atoms with van der Waals surface area (Å²) < 4.78 is 5.90. The van der Waals surface area contributed by atoms with E-state index in [0.717, 1.165) is 24.6 Å². The molecule has 2 aliphatic heterocycles. The Morgan fingerprint density at radius 1 is 1.02 bits per heavy atom. The van der Waals surface area contributed by atoms with E-state index in [1.54, 1.807) is 21.9 Å². The molecule has 222 valence electrons. The first-order valence-electron chi connectivity index (χ1n) is 14.5. The van der Waals surface area contributed by atoms with Crippen LogP contribution >= 0.6 is 0 Å². The molecule has 0 radical (unpaired) electrons. The molecule has 2 aromatic carbocycles. The Bertz CT molecular complexity index is 1550. The van der Waals surface area contributed by atoms with Crippen molar-refractivity contribution in [1.82, 2.24) is 15.1 Å². The molecule has 3 amide bonds. The molecule has 2 aliphatic rings. The van der Waals surface area contributed by atoms with E-state index in [1.165, 1.54) is 31.3 Å². The van der Waals surface area contributed by atoms with Gasteiger partial charge in [-0.1, -0.05) is 30.3 Å². The van der Waals surface area contributed by atoms with E-state index < -0.39 is 17.7 Å². The van der Waals surface area contributed by atoms with Crippen LogP contribution in [0.5, 0.6) is 0 Å². The lowest BCUT2D eigenvalue weighted by atomic mass is 9.96. The molecule has 0 spiro atoms. The molecule has 1 aromatic heterocycles. The standard InChI is InChI=1S/C32H34N6O5/c1-34-31(41)22-13-11-21(12-14-22)29(40)24(19-33)30(36-27-18-23-8-2-3-10-26(23)43-27)35-25-9-4-5-17-38(32(25)42)20-28(39)37-15-6-7-16-37/h2-3,8,10-14,18,24-25H,4-7,9,15-17,20H2,1H3,(H,34,41)(H,35,36)/t24?,25-/m0/s1. The Kier molecular flexibility index (Phi) is 9.15. The van der Waals surface area contributed by atoms with Gasteiger partial charge in [-0.3, -0.25) is 24.2 Å². The van der Waals surface area contributed by atoms with Crippen LogP contribution in [0.1, 0.15) is 52.8 Å². The highest BCUT2D eigenvalue weighted by atomic mass is 16.3. The molecule has 2 saturated heterocycles. The summed E-state index contributed by atoms with van der Waals surface area (Å²) in [5.74, 6) is -2.39. The van der Waals surface area contributed by atoms with Gasteiger partial charge in [0.15, 0.2) is 17.6 Å². The van der Waals surface area contributed by atoms with Crippen molar-refractivity contribution >= 4 is 46.2 Å². The zero-order valence-corrected chi connectivity index (χ0v) is 24.0. The summed E-state index contributed by atoms with van der Waals surface area (Å²) in [4.78, 5) is 60.2. The number of Topliss-reactive ketones (excluding diaryl/α,β-unsaturated/α-hetero) is 1. The molecule has 43 heavy (non-hydrogen) atoms. The highest BCUT2D eigenvalue weighted by molar-refractivity contribution is 6.18. The first-order valence-corrected chi connectivity index (χ1v) is 14.5. The minimum Gasteiger partial charge on any atom is -0.440 e. The fraction of sp³-hybridized carbons (Fsp3) is 0.375. The summed E-state index contributed by atoms with van der Waals surface area (Å²) >= 11 is 0. The first kappa shape index (κ1) is 29.5. The summed E-state index contributed by atoms with van der Waals surface area (Å²) in [6.45, 7) is 1.82. The topological polar surface area (TPSA) is 148 Å². The summed E-state index contributed by atoms with van der Waals surface area (Å²) in [6.07, 6.45) is 3.74. The predicted octanol–water partition coefficient (Wildman–Crippen LogP) is 3.63. The number of aliphatic imine (C=N–C) groups is 1. The van der Waals surface area contributed by atoms with Crippen molar-refractivity contribution in [3.05, 3.63) is 65.7 Å². The molecule has 0 saturated carbocycles. The maximum Gasteiger partial charge on any atom is 0.251 e. The number of fused-ring (bicyclic) bond motifs is 1. The molecule has 3 aromatic rings. The van der Waals surface area contributed by atoms with Crippen LogP contribution in [0.2, 0.25) is 0 Å². The number of amidine groups is 1. The van der Waals surface area contributed by atoms with Crippen LogP contribution in [0.25, 0.3) is 11.0 Å². The Balaban J connectivity index is 1.46. The van der Waals surface area contributed by atoms with Gasteiger partial charge in [0.1, 0.15) is 17.5 Å². The van der Waals surface area contributed by atoms with E-state index in [-0.39, 0.29) is 41.5 Å². The summed E-state index contributed by atoms with van der Waals surface area (Å²) in [6, 6.07) is 16.2. The number of amides is 3. The van der Waals surface area contributed by atoms with Crippen LogP contribution in [0.15, 0.2) is 64.0 Å². The van der Waals surface area contributed by atoms with Crippen molar-refractivity contribution in [3.63, 3.8) is 0 Å². The van der Waals surface area contributed by atoms with Crippen LogP contribution < -0.4 is 10.6 Å². The van der Waals surface area contributed by atoms with Crippen molar-refractivity contribution in [1.29, 1.82) is 5.26 Å². The van der Waals surface area contributed by atoms with Gasteiger partial charge in [0.2, 0.25) is 11.8 Å². The summed E-state index contributed by atoms with van der Waals surface area (Å²) in [5.41, 5.74) is 1.18. The van der Waals surface area contributed by atoms with Crippen LogP contribution in [0.3, 0.4) is 0 Å². The highest BCUT2D eigenvalue weighted by Crippen LogP contribution is 2.25. The Morgan fingerprint density at radius 2 is 1.72 bits per heavy atom. The van der Waals surface area contributed by atoms with Crippen LogP contribution in [-0.2, 0) is 9.59 Å². The molecule has 11 heteroatoms. The lowest BCUT2D eigenvalue weighted by Gasteiger charge is -2.25. The molecule has 3 heterocycles. The van der Waals surface area contributed by atoms with Crippen LogP contribution in [0.4, 0.5) is 5.88 Å². The number of carbonyl (C=O) groups excluding carboxylic acids is 4. The maximum atomic E-state index is 13.7. The quantitative estimate of drug-likeness (QED) is 0.234. The number of para-hydroxylation sites is 1. The molecule has 0 bridgehead atoms. The van der Waals surface area contributed by atoms with E-state index in [9.17, 15) is 24.4 Å². The molecule has 2 atom stereocenters. The van der Waals surface area contributed by atoms with Gasteiger partial charge in [0, 0.05) is 49.3 Å². The van der Waals surface area contributed by atoms with Crippen LogP contribution in [0, 0.1) is 17.2 Å². The number of ketones is 1. The van der Waals surface area contributed by atoms with E-state index >= 15 is 0 Å². The van der Waals surface area contributed by atoms with Gasteiger partial charge in [0.25, 0.3) is 5.91 Å². The van der Waals surface area contributed by atoms with Gasteiger partial charge in [-0.05, 0) is 50.3 Å². The van der Waals surface area contributed by atoms with Crippen molar-refractivity contribution in [2.45, 2.75) is 38.1 Å². The third kappa shape index (κ3) is 6.75. The van der Waals surface area contributed by atoms with E-state index in [2.05, 4.69) is 16.7 Å². The number of benzene rings is 2. The van der Waals surface area contributed by atoms with Crippen molar-refractivity contribution in [3.8, 4) is 6.07 Å². The SMILES string of the molecule is CNC(=O)c1ccc(C(=O)C(C#N)C(=N[C@H]2CCCCN(CC(=O)N3CCCC3)C2=O)Nc2cc3ccccc3o2)cc1.